The number of piperidine rings is 1. The van der Waals surface area contributed by atoms with E-state index in [2.05, 4.69) is 54.7 Å². The number of anilines is 1. The van der Waals surface area contributed by atoms with Gasteiger partial charge >= 0.3 is 6.03 Å². The lowest BCUT2D eigenvalue weighted by molar-refractivity contribution is -0.142. The molecule has 3 aromatic heterocycles. The molecular formula is C51H60N10O5S. The first-order valence-electron chi connectivity index (χ1n) is 23.7. The van der Waals surface area contributed by atoms with Crippen molar-refractivity contribution >= 4 is 45.3 Å². The van der Waals surface area contributed by atoms with E-state index in [1.165, 1.54) is 21.0 Å². The van der Waals surface area contributed by atoms with Gasteiger partial charge in [0, 0.05) is 95.9 Å². The third-order valence-electron chi connectivity index (χ3n) is 15.1. The van der Waals surface area contributed by atoms with Gasteiger partial charge in [-0.2, -0.15) is 0 Å². The van der Waals surface area contributed by atoms with Crippen LogP contribution in [-0.4, -0.2) is 126 Å². The minimum Gasteiger partial charge on any atom is -0.507 e. The first-order chi connectivity index (χ1) is 32.2. The van der Waals surface area contributed by atoms with Gasteiger partial charge in [0.15, 0.2) is 10.8 Å². The lowest BCUT2D eigenvalue weighted by Gasteiger charge is -2.61. The van der Waals surface area contributed by atoms with Crippen molar-refractivity contribution in [1.82, 2.24) is 45.5 Å². The number of hydrogen-bond acceptors (Lipinski definition) is 11. The summed E-state index contributed by atoms with van der Waals surface area (Å²) >= 11 is 1.82. The average Bonchev–Trinajstić information content (AvgIpc) is 4.04. The molecule has 5 aromatic rings. The standard InChI is InChI=1S/C51H60N10O5S/c1-6-31-11-13-32(14-12-31)25-52-46(64)40-21-35(62)27-61(40)47(65)44(50(3,4)5)55-48(66)59-28-51(29-59)23-34(24-51)58-18-15-33(16-19-58)42-26-53-49(67-42)60-20-17-38-43(30(60)2)37-22-39(56-57-45(37)54-38)36-9-7-8-10-41(36)63/h1,7-14,22,26,30,33-35,40,44,62-63H,15-21,23-25,27-29H2,2-5H3,(H,52,64)(H,54,57)(H,55,66)/t30-,35+,40-,44+/m0/s1. The minimum atomic E-state index is -0.880. The number of hydrogen-bond donors (Lipinski definition) is 5. The van der Waals surface area contributed by atoms with Crippen LogP contribution in [0.4, 0.5) is 9.93 Å². The zero-order valence-electron chi connectivity index (χ0n) is 38.7. The number of fused-ring (bicyclic) bond motifs is 3. The number of β-amino-alcohol motifs (C(OH)–C–C–N with tert-alkyl or cyclic N) is 1. The van der Waals surface area contributed by atoms with Crippen LogP contribution in [0.25, 0.3) is 22.3 Å². The van der Waals surface area contributed by atoms with Crippen molar-refractivity contribution in [1.29, 1.82) is 0 Å². The van der Waals surface area contributed by atoms with E-state index in [0.29, 0.717) is 36.3 Å². The predicted molar refractivity (Wildman–Crippen MR) is 257 cm³/mol. The van der Waals surface area contributed by atoms with E-state index < -0.39 is 23.6 Å². The van der Waals surface area contributed by atoms with Crippen LogP contribution in [0.5, 0.6) is 5.75 Å². The Morgan fingerprint density at radius 1 is 1.04 bits per heavy atom. The molecule has 1 saturated carbocycles. The molecule has 350 valence electrons. The molecule has 10 rings (SSSR count). The molecule has 5 aliphatic rings. The third-order valence-corrected chi connectivity index (χ3v) is 16.3. The number of nitrogens with zero attached hydrogens (tertiary/aromatic N) is 7. The summed E-state index contributed by atoms with van der Waals surface area (Å²) < 4.78 is 0. The molecule has 0 unspecified atom stereocenters. The Morgan fingerprint density at radius 3 is 2.51 bits per heavy atom. The summed E-state index contributed by atoms with van der Waals surface area (Å²) in [5.41, 5.74) is 5.57. The summed E-state index contributed by atoms with van der Waals surface area (Å²) in [4.78, 5) is 59.4. The quantitative estimate of drug-likeness (QED) is 0.111. The van der Waals surface area contributed by atoms with E-state index in [1.54, 1.807) is 12.1 Å². The number of phenols is 1. The second-order valence-corrected chi connectivity index (χ2v) is 21.7. The summed E-state index contributed by atoms with van der Waals surface area (Å²) in [6, 6.07) is 15.2. The van der Waals surface area contributed by atoms with Crippen LogP contribution in [-0.2, 0) is 22.6 Å². The first-order valence-corrected chi connectivity index (χ1v) is 24.5. The SMILES string of the molecule is C#Cc1ccc(CNC(=O)[C@@H]2C[C@@H](O)CN2C(=O)[C@@H](NC(=O)N2CC3(CC(N4CCC(c5cnc(N6CCc7[nH]c8nnc(-c9ccccc9O)cc8c7[C@@H]6C)s5)CC4)C3)C2)C(C)(C)C)cc1. The molecule has 67 heavy (non-hydrogen) atoms. The molecule has 3 saturated heterocycles. The van der Waals surface area contributed by atoms with Crippen LogP contribution >= 0.6 is 11.3 Å². The van der Waals surface area contributed by atoms with E-state index in [0.717, 1.165) is 79.0 Å². The number of aliphatic hydroxyl groups excluding tert-OH is 1. The summed E-state index contributed by atoms with van der Waals surface area (Å²) in [5, 5.41) is 38.1. The van der Waals surface area contributed by atoms with Crippen LogP contribution in [0.1, 0.15) is 99.0 Å². The zero-order chi connectivity index (χ0) is 46.8. The van der Waals surface area contributed by atoms with Crippen LogP contribution in [0.2, 0.25) is 0 Å². The number of aromatic nitrogens is 4. The van der Waals surface area contributed by atoms with E-state index in [9.17, 15) is 24.6 Å². The number of thiazole rings is 1. The fourth-order valence-electron chi connectivity index (χ4n) is 11.3. The Hall–Kier alpha value is -6.02. The number of phenolic OH excluding ortho intramolecular Hbond substituents is 1. The first kappa shape index (κ1) is 44.8. The van der Waals surface area contributed by atoms with Crippen LogP contribution in [0.15, 0.2) is 60.8 Å². The highest BCUT2D eigenvalue weighted by Gasteiger charge is 2.56. The molecule has 1 spiro atoms. The Labute approximate surface area is 395 Å². The lowest BCUT2D eigenvalue weighted by atomic mass is 9.60. The highest BCUT2D eigenvalue weighted by molar-refractivity contribution is 7.15. The van der Waals surface area contributed by atoms with Crippen molar-refractivity contribution in [2.24, 2.45) is 10.8 Å². The van der Waals surface area contributed by atoms with Gasteiger partial charge in [-0.05, 0) is 92.9 Å². The van der Waals surface area contributed by atoms with E-state index in [1.807, 2.05) is 79.5 Å². The highest BCUT2D eigenvalue weighted by Crippen LogP contribution is 2.51. The fourth-order valence-corrected chi connectivity index (χ4v) is 12.5. The van der Waals surface area contributed by atoms with Crippen molar-refractivity contribution in [3.8, 4) is 29.4 Å². The molecule has 4 amide bonds. The number of carbonyl (C=O) groups excluding carboxylic acids is 3. The number of benzene rings is 2. The summed E-state index contributed by atoms with van der Waals surface area (Å²) in [7, 11) is 0. The molecule has 7 heterocycles. The zero-order valence-corrected chi connectivity index (χ0v) is 39.5. The van der Waals surface area contributed by atoms with Crippen LogP contribution in [0, 0.1) is 23.2 Å². The normalized spacial score (nSPS) is 22.5. The third kappa shape index (κ3) is 8.62. The van der Waals surface area contributed by atoms with Crippen molar-refractivity contribution in [3.63, 3.8) is 0 Å². The minimum absolute atomic E-state index is 0.0275. The largest absolute Gasteiger partial charge is 0.507 e. The van der Waals surface area contributed by atoms with Gasteiger partial charge in [0.2, 0.25) is 11.8 Å². The Kier molecular flexibility index (Phi) is 11.7. The second kappa shape index (κ2) is 17.6. The second-order valence-electron chi connectivity index (χ2n) is 20.6. The van der Waals surface area contributed by atoms with Crippen LogP contribution < -0.4 is 15.5 Å². The average molecular weight is 925 g/mol. The van der Waals surface area contributed by atoms with Crippen molar-refractivity contribution < 1.29 is 24.6 Å². The molecule has 16 heteroatoms. The highest BCUT2D eigenvalue weighted by atomic mass is 32.1. The number of H-pyrrole nitrogens is 1. The fraction of sp³-hybridized carbons (Fsp3) is 0.490. The van der Waals surface area contributed by atoms with Gasteiger partial charge < -0.3 is 45.4 Å². The maximum Gasteiger partial charge on any atom is 0.318 e. The topological polar surface area (TPSA) is 183 Å². The predicted octanol–water partition coefficient (Wildman–Crippen LogP) is 5.94. The number of aliphatic hydroxyl groups is 1. The Balaban J connectivity index is 0.699. The number of terminal acetylenes is 1. The molecule has 5 N–H and O–H groups in total. The molecule has 0 bridgehead atoms. The summed E-state index contributed by atoms with van der Waals surface area (Å²) in [5.74, 6) is 2.53. The molecule has 0 radical (unpaired) electrons. The number of likely N-dealkylation sites (tertiary alicyclic amines) is 3. The van der Waals surface area contributed by atoms with Crippen molar-refractivity contribution in [2.75, 3.05) is 44.2 Å². The van der Waals surface area contributed by atoms with Crippen molar-refractivity contribution in [2.45, 2.75) is 109 Å². The number of para-hydroxylation sites is 1. The molecule has 2 aromatic carbocycles. The van der Waals surface area contributed by atoms with Crippen LogP contribution in [0.3, 0.4) is 0 Å². The monoisotopic (exact) mass is 924 g/mol. The number of aromatic hydroxyl groups is 1. The number of rotatable bonds is 9. The van der Waals surface area contributed by atoms with Gasteiger partial charge in [-0.25, -0.2) is 9.78 Å². The smallest absolute Gasteiger partial charge is 0.318 e. The number of aromatic amines is 1. The van der Waals surface area contributed by atoms with Gasteiger partial charge in [-0.3, -0.25) is 9.59 Å². The molecular weight excluding hydrogens is 865 g/mol. The number of carbonyl (C=O) groups is 3. The molecule has 1 aliphatic carbocycles. The number of amides is 4. The maximum atomic E-state index is 14.2. The Morgan fingerprint density at radius 2 is 1.79 bits per heavy atom. The number of nitrogens with one attached hydrogen (secondary N) is 3. The maximum absolute atomic E-state index is 14.2. The molecule has 4 aliphatic heterocycles. The lowest BCUT2D eigenvalue weighted by Crippen LogP contribution is -2.70. The summed E-state index contributed by atoms with van der Waals surface area (Å²) in [6.07, 6.45) is 12.0. The molecule has 4 atom stereocenters. The van der Waals surface area contributed by atoms with Gasteiger partial charge in [-0.1, -0.05) is 51.0 Å². The molecule has 15 nitrogen and oxygen atoms in total. The number of urea groups is 1. The summed E-state index contributed by atoms with van der Waals surface area (Å²) in [6.45, 7) is 12.5. The Bertz CT molecular complexity index is 2720. The van der Waals surface area contributed by atoms with E-state index in [-0.39, 0.29) is 54.6 Å². The van der Waals surface area contributed by atoms with Gasteiger partial charge in [-0.15, -0.1) is 28.0 Å². The van der Waals surface area contributed by atoms with Gasteiger partial charge in [0.05, 0.1) is 17.8 Å². The van der Waals surface area contributed by atoms with Crippen molar-refractivity contribution in [3.05, 3.63) is 88.1 Å². The van der Waals surface area contributed by atoms with Gasteiger partial charge in [0.1, 0.15) is 17.8 Å². The van der Waals surface area contributed by atoms with E-state index >= 15 is 0 Å². The van der Waals surface area contributed by atoms with Gasteiger partial charge in [0.25, 0.3) is 0 Å². The van der Waals surface area contributed by atoms with E-state index in [4.69, 9.17) is 11.4 Å². The molecule has 4 fully saturated rings.